The van der Waals surface area contributed by atoms with Crippen LogP contribution in [0, 0.1) is 11.6 Å². The van der Waals surface area contributed by atoms with E-state index in [0.717, 1.165) is 54.7 Å². The molecule has 1 aromatic heterocycles. The fourth-order valence-corrected chi connectivity index (χ4v) is 4.49. The third kappa shape index (κ3) is 4.17. The molecule has 144 valence electrons. The Balaban J connectivity index is 1.99. The van der Waals surface area contributed by atoms with Crippen LogP contribution in [0.3, 0.4) is 0 Å². The molecule has 27 heavy (non-hydrogen) atoms. The molecule has 0 saturated heterocycles. The van der Waals surface area contributed by atoms with Gasteiger partial charge in [0.1, 0.15) is 22.2 Å². The minimum atomic E-state index is -0.940. The maximum Gasteiger partial charge on any atom is 0.268 e. The van der Waals surface area contributed by atoms with Crippen molar-refractivity contribution in [1.29, 1.82) is 0 Å². The van der Waals surface area contributed by atoms with E-state index < -0.39 is 23.1 Å². The summed E-state index contributed by atoms with van der Waals surface area (Å²) in [6.45, 7) is 0. The van der Waals surface area contributed by atoms with E-state index in [-0.39, 0.29) is 5.91 Å². The van der Waals surface area contributed by atoms with Crippen LogP contribution >= 0.6 is 11.3 Å². The average molecular weight is 393 g/mol. The van der Waals surface area contributed by atoms with E-state index in [1.165, 1.54) is 22.4 Å². The molecule has 3 rings (SSSR count). The number of halogens is 2. The molecule has 5 nitrogen and oxygen atoms in total. The van der Waals surface area contributed by atoms with Crippen LogP contribution in [0.4, 0.5) is 13.8 Å². The Labute approximate surface area is 160 Å². The molecule has 0 unspecified atom stereocenters. The zero-order valence-electron chi connectivity index (χ0n) is 15.2. The van der Waals surface area contributed by atoms with Crippen molar-refractivity contribution in [3.63, 3.8) is 0 Å². The summed E-state index contributed by atoms with van der Waals surface area (Å²) in [5.74, 6) is -3.13. The Bertz CT molecular complexity index is 860. The largest absolute Gasteiger partial charge is 0.313 e. The van der Waals surface area contributed by atoms with Gasteiger partial charge in [0.2, 0.25) is 0 Å². The van der Waals surface area contributed by atoms with Gasteiger partial charge in [-0.25, -0.2) is 13.8 Å². The Morgan fingerprint density at radius 2 is 1.67 bits per heavy atom. The van der Waals surface area contributed by atoms with E-state index in [1.807, 2.05) is 0 Å². The van der Waals surface area contributed by atoms with Crippen molar-refractivity contribution in [3.8, 4) is 0 Å². The molecule has 2 N–H and O–H groups in total. The number of benzene rings is 1. The van der Waals surface area contributed by atoms with Crippen molar-refractivity contribution >= 4 is 28.2 Å². The van der Waals surface area contributed by atoms with Crippen LogP contribution in [0.1, 0.15) is 50.4 Å². The van der Waals surface area contributed by atoms with E-state index >= 15 is 0 Å². The first-order valence-electron chi connectivity index (χ1n) is 8.76. The molecule has 1 aliphatic rings. The standard InChI is InChI=1S/C19H21F2N3O2S/c1-24(2)23-18(26)15-11-7-4-3-5-10-14(11)27-19(15)22-17(25)16-12(20)8-6-9-13(16)21/h6,8-9H,3-5,7,10H2,1-2H3,(H,22,25)(H,23,26). The highest BCUT2D eigenvalue weighted by Crippen LogP contribution is 2.38. The van der Waals surface area contributed by atoms with Gasteiger partial charge in [0, 0.05) is 19.0 Å². The molecule has 1 heterocycles. The maximum atomic E-state index is 13.9. The number of hydrogen-bond acceptors (Lipinski definition) is 4. The van der Waals surface area contributed by atoms with Gasteiger partial charge >= 0.3 is 0 Å². The van der Waals surface area contributed by atoms with E-state index in [2.05, 4.69) is 10.7 Å². The van der Waals surface area contributed by atoms with E-state index in [4.69, 9.17) is 0 Å². The molecular formula is C19H21F2N3O2S. The molecule has 8 heteroatoms. The second-order valence-corrected chi connectivity index (χ2v) is 7.76. The molecule has 0 radical (unpaired) electrons. The number of amides is 2. The Hall–Kier alpha value is -2.32. The summed E-state index contributed by atoms with van der Waals surface area (Å²) in [4.78, 5) is 26.3. The lowest BCUT2D eigenvalue weighted by Gasteiger charge is -2.14. The molecule has 0 saturated carbocycles. The SMILES string of the molecule is CN(C)NC(=O)c1c(NC(=O)c2c(F)cccc2F)sc2c1CCCCC2. The van der Waals surface area contributed by atoms with Gasteiger partial charge < -0.3 is 5.32 Å². The number of aryl methyl sites for hydroxylation is 1. The van der Waals surface area contributed by atoms with Gasteiger partial charge in [-0.15, -0.1) is 11.3 Å². The first-order valence-corrected chi connectivity index (χ1v) is 9.58. The quantitative estimate of drug-likeness (QED) is 0.614. The zero-order chi connectivity index (χ0) is 19.6. The number of nitrogens with zero attached hydrogens (tertiary/aromatic N) is 1. The molecule has 2 amide bonds. The fraction of sp³-hybridized carbons (Fsp3) is 0.368. The van der Waals surface area contributed by atoms with Crippen LogP contribution in [0.2, 0.25) is 0 Å². The number of anilines is 1. The number of thiophene rings is 1. The number of hydrogen-bond donors (Lipinski definition) is 2. The van der Waals surface area contributed by atoms with Gasteiger partial charge in [0.05, 0.1) is 5.56 Å². The highest BCUT2D eigenvalue weighted by molar-refractivity contribution is 7.17. The highest BCUT2D eigenvalue weighted by atomic mass is 32.1. The average Bonchev–Trinajstić information content (AvgIpc) is 2.75. The van der Waals surface area contributed by atoms with Gasteiger partial charge in [0.25, 0.3) is 11.8 Å². The fourth-order valence-electron chi connectivity index (χ4n) is 3.21. The predicted octanol–water partition coefficient (Wildman–Crippen LogP) is 3.75. The number of fused-ring (bicyclic) bond motifs is 1. The van der Waals surface area contributed by atoms with Crippen molar-refractivity contribution in [2.45, 2.75) is 32.1 Å². The summed E-state index contributed by atoms with van der Waals surface area (Å²) in [6.07, 6.45) is 4.62. The molecule has 0 atom stereocenters. The summed E-state index contributed by atoms with van der Waals surface area (Å²) in [6, 6.07) is 3.26. The maximum absolute atomic E-state index is 13.9. The molecule has 1 aromatic carbocycles. The van der Waals surface area contributed by atoms with Gasteiger partial charge in [-0.3, -0.25) is 15.0 Å². The molecule has 0 aliphatic heterocycles. The first-order chi connectivity index (χ1) is 12.9. The smallest absolute Gasteiger partial charge is 0.268 e. The van der Waals surface area contributed by atoms with Crippen LogP contribution in [0.5, 0.6) is 0 Å². The monoisotopic (exact) mass is 393 g/mol. The van der Waals surface area contributed by atoms with Crippen molar-refractivity contribution in [2.24, 2.45) is 0 Å². The summed E-state index contributed by atoms with van der Waals surface area (Å²) < 4.78 is 27.9. The van der Waals surface area contributed by atoms with Crippen LogP contribution in [0.15, 0.2) is 18.2 Å². The van der Waals surface area contributed by atoms with Gasteiger partial charge in [-0.2, -0.15) is 0 Å². The lowest BCUT2D eigenvalue weighted by Crippen LogP contribution is -2.36. The van der Waals surface area contributed by atoms with Crippen molar-refractivity contribution in [1.82, 2.24) is 10.4 Å². The van der Waals surface area contributed by atoms with E-state index in [1.54, 1.807) is 14.1 Å². The van der Waals surface area contributed by atoms with Gasteiger partial charge in [0.15, 0.2) is 0 Å². The van der Waals surface area contributed by atoms with Crippen LogP contribution in [0.25, 0.3) is 0 Å². The Morgan fingerprint density at radius 3 is 2.33 bits per heavy atom. The lowest BCUT2D eigenvalue weighted by atomic mass is 10.0. The third-order valence-electron chi connectivity index (χ3n) is 4.39. The molecule has 1 aliphatic carbocycles. The van der Waals surface area contributed by atoms with Gasteiger partial charge in [-0.1, -0.05) is 12.5 Å². The minimum Gasteiger partial charge on any atom is -0.313 e. The van der Waals surface area contributed by atoms with E-state index in [9.17, 15) is 18.4 Å². The summed E-state index contributed by atoms with van der Waals surface area (Å²) in [7, 11) is 3.38. The van der Waals surface area contributed by atoms with E-state index in [0.29, 0.717) is 10.6 Å². The second-order valence-electron chi connectivity index (χ2n) is 6.65. The number of carbonyl (C=O) groups is 2. The Kier molecular flexibility index (Phi) is 5.86. The lowest BCUT2D eigenvalue weighted by molar-refractivity contribution is 0.0857. The number of hydrazine groups is 1. The summed E-state index contributed by atoms with van der Waals surface area (Å²) in [5, 5.41) is 4.41. The Morgan fingerprint density at radius 1 is 1.00 bits per heavy atom. The van der Waals surface area contributed by atoms with Crippen molar-refractivity contribution in [2.75, 3.05) is 19.4 Å². The molecule has 0 bridgehead atoms. The molecule has 2 aromatic rings. The predicted molar refractivity (Wildman–Crippen MR) is 101 cm³/mol. The zero-order valence-corrected chi connectivity index (χ0v) is 16.0. The van der Waals surface area contributed by atoms with Crippen LogP contribution < -0.4 is 10.7 Å². The first kappa shape index (κ1) is 19.4. The molecule has 0 spiro atoms. The van der Waals surface area contributed by atoms with Crippen LogP contribution in [-0.2, 0) is 12.8 Å². The van der Waals surface area contributed by atoms with Crippen LogP contribution in [-0.4, -0.2) is 30.9 Å². The normalized spacial score (nSPS) is 13.8. The topological polar surface area (TPSA) is 61.4 Å². The highest BCUT2D eigenvalue weighted by Gasteiger charge is 2.27. The van der Waals surface area contributed by atoms with Gasteiger partial charge in [-0.05, 0) is 43.4 Å². The summed E-state index contributed by atoms with van der Waals surface area (Å²) >= 11 is 1.31. The number of rotatable bonds is 4. The molecular weight excluding hydrogens is 372 g/mol. The second kappa shape index (κ2) is 8.14. The number of carbonyl (C=O) groups excluding carboxylic acids is 2. The minimum absolute atomic E-state index is 0.328. The molecule has 0 fully saturated rings. The third-order valence-corrected chi connectivity index (χ3v) is 5.60. The van der Waals surface area contributed by atoms with Crippen molar-refractivity contribution < 1.29 is 18.4 Å². The van der Waals surface area contributed by atoms with Crippen molar-refractivity contribution in [3.05, 3.63) is 51.4 Å². The summed E-state index contributed by atoms with van der Waals surface area (Å²) in [5.41, 5.74) is 3.34. The number of nitrogens with one attached hydrogen (secondary N) is 2.